The van der Waals surface area contributed by atoms with Gasteiger partial charge in [-0.15, -0.1) is 0 Å². The molecule has 0 bridgehead atoms. The van der Waals surface area contributed by atoms with Crippen LogP contribution in [0.4, 0.5) is 0 Å². The van der Waals surface area contributed by atoms with Gasteiger partial charge >= 0.3 is 0 Å². The molecule has 0 radical (unpaired) electrons. The van der Waals surface area contributed by atoms with E-state index < -0.39 is 0 Å². The molecule has 2 heteroatoms. The molecule has 0 heterocycles. The minimum Gasteiger partial charge on any atom is -0.486 e. The molecule has 94 valence electrons. The Morgan fingerprint density at radius 3 is 2.47 bits per heavy atom. The summed E-state index contributed by atoms with van der Waals surface area (Å²) in [4.78, 5) is 11.3. The second kappa shape index (κ2) is 5.35. The summed E-state index contributed by atoms with van der Waals surface area (Å²) in [6, 6.07) is 6.10. The molecule has 0 saturated carbocycles. The fourth-order valence-electron chi connectivity index (χ4n) is 1.62. The molecule has 1 aromatic rings. The standard InChI is InChI=1S/C15H22O2/c1-6-12(16)10-17-14-8-7-11(2)9-13(14)15(3,4)5/h7-9H,6,10H2,1-5H3. The zero-order valence-electron chi connectivity index (χ0n) is 11.5. The Hall–Kier alpha value is -1.31. The quantitative estimate of drug-likeness (QED) is 0.795. The van der Waals surface area contributed by atoms with Gasteiger partial charge in [0.15, 0.2) is 5.78 Å². The maximum Gasteiger partial charge on any atom is 0.169 e. The average Bonchev–Trinajstić information content (AvgIpc) is 2.25. The third-order valence-corrected chi connectivity index (χ3v) is 2.73. The molecule has 0 spiro atoms. The van der Waals surface area contributed by atoms with Gasteiger partial charge in [0.25, 0.3) is 0 Å². The molecule has 1 aromatic carbocycles. The third kappa shape index (κ3) is 3.88. The van der Waals surface area contributed by atoms with Gasteiger partial charge in [0.1, 0.15) is 12.4 Å². The second-order valence-electron chi connectivity index (χ2n) is 5.43. The topological polar surface area (TPSA) is 26.3 Å². The first-order valence-corrected chi connectivity index (χ1v) is 6.10. The summed E-state index contributed by atoms with van der Waals surface area (Å²) in [5.41, 5.74) is 2.39. The number of aryl methyl sites for hydroxylation is 1. The van der Waals surface area contributed by atoms with E-state index in [-0.39, 0.29) is 17.8 Å². The fraction of sp³-hybridized carbons (Fsp3) is 0.533. The van der Waals surface area contributed by atoms with E-state index in [1.165, 1.54) is 5.56 Å². The SMILES string of the molecule is CCC(=O)COc1ccc(C)cc1C(C)(C)C. The number of benzene rings is 1. The molecule has 0 N–H and O–H groups in total. The lowest BCUT2D eigenvalue weighted by atomic mass is 9.85. The van der Waals surface area contributed by atoms with Crippen LogP contribution in [-0.4, -0.2) is 12.4 Å². The fourth-order valence-corrected chi connectivity index (χ4v) is 1.62. The van der Waals surface area contributed by atoms with Gasteiger partial charge in [0, 0.05) is 6.42 Å². The van der Waals surface area contributed by atoms with E-state index in [9.17, 15) is 4.79 Å². The number of ether oxygens (including phenoxy) is 1. The van der Waals surface area contributed by atoms with Crippen LogP contribution in [0.2, 0.25) is 0 Å². The smallest absolute Gasteiger partial charge is 0.169 e. The van der Waals surface area contributed by atoms with Crippen molar-refractivity contribution in [3.63, 3.8) is 0 Å². The van der Waals surface area contributed by atoms with Crippen LogP contribution in [0, 0.1) is 6.92 Å². The molecule has 17 heavy (non-hydrogen) atoms. The first kappa shape index (κ1) is 13.8. The monoisotopic (exact) mass is 234 g/mol. The molecule has 2 nitrogen and oxygen atoms in total. The number of carbonyl (C=O) groups is 1. The molecule has 1 rings (SSSR count). The Kier molecular flexibility index (Phi) is 4.33. The van der Waals surface area contributed by atoms with Crippen molar-refractivity contribution in [2.24, 2.45) is 0 Å². The van der Waals surface area contributed by atoms with Crippen LogP contribution in [0.25, 0.3) is 0 Å². The number of ketones is 1. The Morgan fingerprint density at radius 2 is 1.94 bits per heavy atom. The Labute approximate surface area is 104 Å². The molecule has 0 saturated heterocycles. The first-order chi connectivity index (χ1) is 7.84. The summed E-state index contributed by atoms with van der Waals surface area (Å²) in [6.07, 6.45) is 0.525. The number of rotatable bonds is 4. The van der Waals surface area contributed by atoms with Crippen LogP contribution >= 0.6 is 0 Å². The van der Waals surface area contributed by atoms with Crippen LogP contribution in [0.5, 0.6) is 5.75 Å². The predicted molar refractivity (Wildman–Crippen MR) is 70.7 cm³/mol. The highest BCUT2D eigenvalue weighted by Gasteiger charge is 2.19. The van der Waals surface area contributed by atoms with Gasteiger partial charge in [-0.05, 0) is 24.0 Å². The summed E-state index contributed by atoms with van der Waals surface area (Å²) in [7, 11) is 0. The molecule has 0 atom stereocenters. The van der Waals surface area contributed by atoms with Gasteiger partial charge in [-0.25, -0.2) is 0 Å². The molecule has 0 aliphatic heterocycles. The number of hydrogen-bond acceptors (Lipinski definition) is 2. The lowest BCUT2D eigenvalue weighted by Crippen LogP contribution is -2.16. The van der Waals surface area contributed by atoms with Gasteiger partial charge < -0.3 is 4.74 Å². The molecular weight excluding hydrogens is 212 g/mol. The van der Waals surface area contributed by atoms with Crippen molar-refractivity contribution in [3.8, 4) is 5.75 Å². The Bertz CT molecular complexity index is 400. The Balaban J connectivity index is 2.95. The molecule has 0 fully saturated rings. The van der Waals surface area contributed by atoms with E-state index >= 15 is 0 Å². The number of Topliss-reactive ketones (excluding diaryl/α,β-unsaturated/α-hetero) is 1. The van der Waals surface area contributed by atoms with Crippen molar-refractivity contribution in [2.45, 2.75) is 46.5 Å². The predicted octanol–water partition coefficient (Wildman–Crippen LogP) is 3.65. The van der Waals surface area contributed by atoms with E-state index in [0.717, 1.165) is 11.3 Å². The molecular formula is C15H22O2. The van der Waals surface area contributed by atoms with Crippen LogP contribution < -0.4 is 4.74 Å². The summed E-state index contributed by atoms with van der Waals surface area (Å²) < 4.78 is 5.62. The van der Waals surface area contributed by atoms with Crippen molar-refractivity contribution in [2.75, 3.05) is 6.61 Å². The van der Waals surface area contributed by atoms with Gasteiger partial charge in [-0.1, -0.05) is 45.4 Å². The van der Waals surface area contributed by atoms with Gasteiger partial charge in [0.05, 0.1) is 0 Å². The minimum absolute atomic E-state index is 0.0244. The van der Waals surface area contributed by atoms with Crippen LogP contribution in [-0.2, 0) is 10.2 Å². The zero-order valence-corrected chi connectivity index (χ0v) is 11.5. The number of hydrogen-bond donors (Lipinski definition) is 0. The average molecular weight is 234 g/mol. The summed E-state index contributed by atoms with van der Waals surface area (Å²) in [6.45, 7) is 10.5. The van der Waals surface area contributed by atoms with Gasteiger partial charge in [-0.3, -0.25) is 4.79 Å². The van der Waals surface area contributed by atoms with Crippen molar-refractivity contribution >= 4 is 5.78 Å². The van der Waals surface area contributed by atoms with E-state index in [1.54, 1.807) is 0 Å². The highest BCUT2D eigenvalue weighted by atomic mass is 16.5. The lowest BCUT2D eigenvalue weighted by molar-refractivity contribution is -0.120. The molecule has 0 unspecified atom stereocenters. The maximum absolute atomic E-state index is 11.3. The summed E-state index contributed by atoms with van der Waals surface area (Å²) in [5, 5.41) is 0. The Morgan fingerprint density at radius 1 is 1.29 bits per heavy atom. The van der Waals surface area contributed by atoms with Crippen LogP contribution in [0.1, 0.15) is 45.2 Å². The third-order valence-electron chi connectivity index (χ3n) is 2.73. The van der Waals surface area contributed by atoms with Gasteiger partial charge in [-0.2, -0.15) is 0 Å². The van der Waals surface area contributed by atoms with E-state index in [4.69, 9.17) is 4.74 Å². The van der Waals surface area contributed by atoms with Crippen LogP contribution in [0.15, 0.2) is 18.2 Å². The summed E-state index contributed by atoms with van der Waals surface area (Å²) in [5.74, 6) is 0.954. The number of carbonyl (C=O) groups excluding carboxylic acids is 1. The molecule has 0 aromatic heterocycles. The second-order valence-corrected chi connectivity index (χ2v) is 5.43. The summed E-state index contributed by atoms with van der Waals surface area (Å²) >= 11 is 0. The van der Waals surface area contributed by atoms with E-state index in [1.807, 2.05) is 19.1 Å². The van der Waals surface area contributed by atoms with E-state index in [0.29, 0.717) is 6.42 Å². The minimum atomic E-state index is 0.0244. The highest BCUT2D eigenvalue weighted by molar-refractivity contribution is 5.79. The van der Waals surface area contributed by atoms with Crippen LogP contribution in [0.3, 0.4) is 0 Å². The van der Waals surface area contributed by atoms with Gasteiger partial charge in [0.2, 0.25) is 0 Å². The lowest BCUT2D eigenvalue weighted by Gasteiger charge is -2.23. The largest absolute Gasteiger partial charge is 0.486 e. The van der Waals surface area contributed by atoms with Crippen molar-refractivity contribution in [1.29, 1.82) is 0 Å². The normalized spacial score (nSPS) is 11.4. The highest BCUT2D eigenvalue weighted by Crippen LogP contribution is 2.32. The zero-order chi connectivity index (χ0) is 13.1. The van der Waals surface area contributed by atoms with E-state index in [2.05, 4.69) is 33.8 Å². The van der Waals surface area contributed by atoms with Crippen molar-refractivity contribution < 1.29 is 9.53 Å². The molecule has 0 aliphatic rings. The first-order valence-electron chi connectivity index (χ1n) is 6.10. The van der Waals surface area contributed by atoms with Crippen molar-refractivity contribution in [1.82, 2.24) is 0 Å². The van der Waals surface area contributed by atoms with Crippen molar-refractivity contribution in [3.05, 3.63) is 29.3 Å². The molecule has 0 amide bonds. The maximum atomic E-state index is 11.3. The molecule has 0 aliphatic carbocycles.